The van der Waals surface area contributed by atoms with Gasteiger partial charge in [-0.05, 0) is 31.9 Å². The summed E-state index contributed by atoms with van der Waals surface area (Å²) in [7, 11) is 0. The highest BCUT2D eigenvalue weighted by molar-refractivity contribution is 5.81. The first-order valence-corrected chi connectivity index (χ1v) is 9.94. The average Bonchev–Trinajstić information content (AvgIpc) is 2.69. The van der Waals surface area contributed by atoms with Crippen LogP contribution in [-0.4, -0.2) is 54.0 Å². The van der Waals surface area contributed by atoms with E-state index in [-0.39, 0.29) is 24.0 Å². The Balaban J connectivity index is 1.71. The number of benzene rings is 2. The van der Waals surface area contributed by atoms with E-state index < -0.39 is 0 Å². The van der Waals surface area contributed by atoms with Gasteiger partial charge in [0.2, 0.25) is 5.91 Å². The number of hydrogen-bond acceptors (Lipinski definition) is 3. The molecule has 0 bridgehead atoms. The molecule has 1 aliphatic heterocycles. The fourth-order valence-corrected chi connectivity index (χ4v) is 3.84. The molecule has 1 fully saturated rings. The van der Waals surface area contributed by atoms with Crippen LogP contribution in [0, 0.1) is 0 Å². The van der Waals surface area contributed by atoms with E-state index in [2.05, 4.69) is 75.8 Å². The van der Waals surface area contributed by atoms with Crippen LogP contribution in [0.4, 0.5) is 0 Å². The first-order valence-electron chi connectivity index (χ1n) is 9.94. The average molecular weight is 366 g/mol. The van der Waals surface area contributed by atoms with Crippen molar-refractivity contribution >= 4 is 5.91 Å². The van der Waals surface area contributed by atoms with Crippen LogP contribution >= 0.6 is 0 Å². The van der Waals surface area contributed by atoms with E-state index in [0.717, 1.165) is 26.2 Å². The highest BCUT2D eigenvalue weighted by Crippen LogP contribution is 2.29. The lowest BCUT2D eigenvalue weighted by Crippen LogP contribution is -2.55. The largest absolute Gasteiger partial charge is 0.353 e. The number of nitrogens with zero attached hydrogens (tertiary/aromatic N) is 2. The topological polar surface area (TPSA) is 35.6 Å². The van der Waals surface area contributed by atoms with Crippen LogP contribution in [0.15, 0.2) is 60.7 Å². The third-order valence-electron chi connectivity index (χ3n) is 5.30. The smallest absolute Gasteiger partial charge is 0.237 e. The Morgan fingerprint density at radius 1 is 0.778 bits per heavy atom. The van der Waals surface area contributed by atoms with Crippen molar-refractivity contribution in [3.05, 3.63) is 71.8 Å². The van der Waals surface area contributed by atoms with Gasteiger partial charge in [0.05, 0.1) is 12.1 Å². The summed E-state index contributed by atoms with van der Waals surface area (Å²) in [5.41, 5.74) is 2.64. The lowest BCUT2D eigenvalue weighted by molar-refractivity contribution is -0.127. The molecule has 0 saturated carbocycles. The molecule has 4 heteroatoms. The van der Waals surface area contributed by atoms with E-state index in [4.69, 9.17) is 0 Å². The van der Waals surface area contributed by atoms with Crippen molar-refractivity contribution in [3.8, 4) is 0 Å². The van der Waals surface area contributed by atoms with Crippen LogP contribution in [0.2, 0.25) is 0 Å². The second-order valence-electron chi connectivity index (χ2n) is 7.64. The molecule has 0 aromatic heterocycles. The van der Waals surface area contributed by atoms with Crippen molar-refractivity contribution in [2.45, 2.75) is 38.9 Å². The number of hydrogen-bond donors (Lipinski definition) is 1. The maximum atomic E-state index is 12.3. The summed E-state index contributed by atoms with van der Waals surface area (Å²) in [4.78, 5) is 17.2. The minimum atomic E-state index is -0.0820. The van der Waals surface area contributed by atoms with Gasteiger partial charge in [0, 0.05) is 32.2 Å². The molecular weight excluding hydrogens is 334 g/mol. The first kappa shape index (κ1) is 19.6. The molecule has 0 aliphatic carbocycles. The molecule has 1 unspecified atom stereocenters. The number of carbonyl (C=O) groups excluding carboxylic acids is 1. The zero-order chi connectivity index (χ0) is 19.2. The summed E-state index contributed by atoms with van der Waals surface area (Å²) in [6, 6.07) is 21.8. The molecular formula is C23H31N3O. The predicted octanol–water partition coefficient (Wildman–Crippen LogP) is 3.31. The predicted molar refractivity (Wildman–Crippen MR) is 111 cm³/mol. The minimum Gasteiger partial charge on any atom is -0.353 e. The van der Waals surface area contributed by atoms with Gasteiger partial charge in [0.25, 0.3) is 0 Å². The van der Waals surface area contributed by atoms with Crippen molar-refractivity contribution in [3.63, 3.8) is 0 Å². The van der Waals surface area contributed by atoms with Gasteiger partial charge in [-0.25, -0.2) is 0 Å². The molecule has 144 valence electrons. The maximum Gasteiger partial charge on any atom is 0.237 e. The fourth-order valence-electron chi connectivity index (χ4n) is 3.84. The number of amides is 1. The maximum absolute atomic E-state index is 12.3. The molecule has 1 aliphatic rings. The molecule has 1 saturated heterocycles. The SMILES string of the molecule is CC(C)NC(=O)C(C)N1CCN(C(c2ccccc2)c2ccccc2)CC1. The molecule has 27 heavy (non-hydrogen) atoms. The molecule has 3 rings (SSSR count). The summed E-state index contributed by atoms with van der Waals surface area (Å²) >= 11 is 0. The van der Waals surface area contributed by atoms with E-state index >= 15 is 0 Å². The zero-order valence-corrected chi connectivity index (χ0v) is 16.6. The third-order valence-corrected chi connectivity index (χ3v) is 5.30. The van der Waals surface area contributed by atoms with Crippen LogP contribution in [-0.2, 0) is 4.79 Å². The molecule has 1 atom stereocenters. The summed E-state index contributed by atoms with van der Waals surface area (Å²) in [6.45, 7) is 9.74. The van der Waals surface area contributed by atoms with Gasteiger partial charge in [-0.1, -0.05) is 60.7 Å². The quantitative estimate of drug-likeness (QED) is 0.853. The molecule has 1 heterocycles. The van der Waals surface area contributed by atoms with Crippen LogP contribution < -0.4 is 5.32 Å². The monoisotopic (exact) mass is 365 g/mol. The van der Waals surface area contributed by atoms with Crippen molar-refractivity contribution in [1.82, 2.24) is 15.1 Å². The minimum absolute atomic E-state index is 0.0820. The number of nitrogens with one attached hydrogen (secondary N) is 1. The van der Waals surface area contributed by atoms with E-state index in [1.807, 2.05) is 20.8 Å². The number of piperazine rings is 1. The summed E-state index contributed by atoms with van der Waals surface area (Å²) in [5, 5.41) is 3.03. The van der Waals surface area contributed by atoms with Crippen LogP contribution in [0.25, 0.3) is 0 Å². The molecule has 1 N–H and O–H groups in total. The number of carbonyl (C=O) groups is 1. The molecule has 1 amide bonds. The van der Waals surface area contributed by atoms with Gasteiger partial charge in [0.1, 0.15) is 0 Å². The van der Waals surface area contributed by atoms with Gasteiger partial charge >= 0.3 is 0 Å². The van der Waals surface area contributed by atoms with Crippen LogP contribution in [0.1, 0.15) is 37.9 Å². The summed E-state index contributed by atoms with van der Waals surface area (Å²) in [5.74, 6) is 0.126. The summed E-state index contributed by atoms with van der Waals surface area (Å²) in [6.07, 6.45) is 0. The van der Waals surface area contributed by atoms with E-state index in [9.17, 15) is 4.79 Å². The van der Waals surface area contributed by atoms with Gasteiger partial charge in [-0.15, -0.1) is 0 Å². The normalized spacial score (nSPS) is 17.2. The third kappa shape index (κ3) is 4.96. The Labute approximate surface area is 163 Å². The lowest BCUT2D eigenvalue weighted by Gasteiger charge is -2.41. The van der Waals surface area contributed by atoms with E-state index in [0.29, 0.717) is 0 Å². The highest BCUT2D eigenvalue weighted by Gasteiger charge is 2.30. The molecule has 4 nitrogen and oxygen atoms in total. The molecule has 2 aromatic rings. The fraction of sp³-hybridized carbons (Fsp3) is 0.435. The van der Waals surface area contributed by atoms with Crippen molar-refractivity contribution in [1.29, 1.82) is 0 Å². The van der Waals surface area contributed by atoms with Gasteiger partial charge in [-0.3, -0.25) is 14.6 Å². The van der Waals surface area contributed by atoms with Crippen LogP contribution in [0.3, 0.4) is 0 Å². The van der Waals surface area contributed by atoms with Gasteiger partial charge in [0.15, 0.2) is 0 Å². The number of rotatable bonds is 6. The second kappa shape index (κ2) is 9.16. The zero-order valence-electron chi connectivity index (χ0n) is 16.6. The van der Waals surface area contributed by atoms with Gasteiger partial charge in [-0.2, -0.15) is 0 Å². The Morgan fingerprint density at radius 2 is 1.22 bits per heavy atom. The second-order valence-corrected chi connectivity index (χ2v) is 7.64. The Morgan fingerprint density at radius 3 is 1.67 bits per heavy atom. The Bertz CT molecular complexity index is 669. The first-order chi connectivity index (χ1) is 13.1. The van der Waals surface area contributed by atoms with Crippen molar-refractivity contribution in [2.75, 3.05) is 26.2 Å². The molecule has 0 radical (unpaired) electrons. The molecule has 0 spiro atoms. The summed E-state index contributed by atoms with van der Waals surface area (Å²) < 4.78 is 0. The van der Waals surface area contributed by atoms with E-state index in [1.165, 1.54) is 11.1 Å². The Kier molecular flexibility index (Phi) is 6.64. The van der Waals surface area contributed by atoms with Crippen molar-refractivity contribution < 1.29 is 4.79 Å². The Hall–Kier alpha value is -2.17. The van der Waals surface area contributed by atoms with Crippen LogP contribution in [0.5, 0.6) is 0 Å². The standard InChI is InChI=1S/C23H31N3O/c1-18(2)24-23(27)19(3)25-14-16-26(17-15-25)22(20-10-6-4-7-11-20)21-12-8-5-9-13-21/h4-13,18-19,22H,14-17H2,1-3H3,(H,24,27). The highest BCUT2D eigenvalue weighted by atomic mass is 16.2. The van der Waals surface area contributed by atoms with Gasteiger partial charge < -0.3 is 5.32 Å². The molecule has 2 aromatic carbocycles. The lowest BCUT2D eigenvalue weighted by atomic mass is 9.96. The van der Waals surface area contributed by atoms with E-state index in [1.54, 1.807) is 0 Å². The van der Waals surface area contributed by atoms with Crippen molar-refractivity contribution in [2.24, 2.45) is 0 Å².